The molecule has 0 saturated carbocycles. The summed E-state index contributed by atoms with van der Waals surface area (Å²) in [7, 11) is 1.60. The van der Waals surface area contributed by atoms with Gasteiger partial charge in [0.25, 0.3) is 0 Å². The van der Waals surface area contributed by atoms with Gasteiger partial charge in [-0.15, -0.1) is 12.4 Å². The minimum absolute atomic E-state index is 0. The van der Waals surface area contributed by atoms with Gasteiger partial charge in [0.2, 0.25) is 0 Å². The van der Waals surface area contributed by atoms with Gasteiger partial charge in [0.1, 0.15) is 12.4 Å². The number of methoxy groups -OCH3 is 1. The Kier molecular flexibility index (Phi) is 8.17. The fourth-order valence-electron chi connectivity index (χ4n) is 2.00. The van der Waals surface area contributed by atoms with Gasteiger partial charge in [0.05, 0.1) is 12.1 Å². The van der Waals surface area contributed by atoms with Crippen LogP contribution in [-0.4, -0.2) is 13.7 Å². The average molecular weight is 360 g/mol. The minimum atomic E-state index is -0.362. The van der Waals surface area contributed by atoms with Gasteiger partial charge in [-0.2, -0.15) is 0 Å². The van der Waals surface area contributed by atoms with Crippen LogP contribution in [0, 0.1) is 5.82 Å². The summed E-state index contributed by atoms with van der Waals surface area (Å²) >= 11 is 5.99. The van der Waals surface area contributed by atoms with E-state index >= 15 is 0 Å². The Hall–Kier alpha value is -1.49. The summed E-state index contributed by atoms with van der Waals surface area (Å²) in [6, 6.07) is 10.0. The summed E-state index contributed by atoms with van der Waals surface area (Å²) in [4.78, 5) is 0. The third kappa shape index (κ3) is 5.57. The molecule has 0 aromatic heterocycles. The largest absolute Gasteiger partial charge is 0.493 e. The molecule has 6 heteroatoms. The van der Waals surface area contributed by atoms with Crippen LogP contribution in [0.5, 0.6) is 11.5 Å². The van der Waals surface area contributed by atoms with Crippen molar-refractivity contribution in [2.24, 2.45) is 0 Å². The molecule has 0 radical (unpaired) electrons. The van der Waals surface area contributed by atoms with Gasteiger partial charge >= 0.3 is 0 Å². The number of benzene rings is 2. The first kappa shape index (κ1) is 19.6. The van der Waals surface area contributed by atoms with Crippen molar-refractivity contribution in [3.63, 3.8) is 0 Å². The van der Waals surface area contributed by atoms with Gasteiger partial charge in [-0.3, -0.25) is 0 Å². The van der Waals surface area contributed by atoms with Gasteiger partial charge in [0, 0.05) is 12.1 Å². The second-order valence-electron chi connectivity index (χ2n) is 4.79. The monoisotopic (exact) mass is 359 g/mol. The smallest absolute Gasteiger partial charge is 0.161 e. The third-order valence-corrected chi connectivity index (χ3v) is 3.56. The minimum Gasteiger partial charge on any atom is -0.493 e. The van der Waals surface area contributed by atoms with Crippen LogP contribution in [0.25, 0.3) is 0 Å². The summed E-state index contributed by atoms with van der Waals surface area (Å²) in [5.41, 5.74) is 1.84. The Morgan fingerprint density at radius 3 is 2.57 bits per heavy atom. The summed E-state index contributed by atoms with van der Waals surface area (Å²) in [6.45, 7) is 3.99. The van der Waals surface area contributed by atoms with Crippen molar-refractivity contribution in [1.29, 1.82) is 0 Å². The van der Waals surface area contributed by atoms with Gasteiger partial charge < -0.3 is 14.8 Å². The molecule has 0 bridgehead atoms. The van der Waals surface area contributed by atoms with E-state index in [1.807, 2.05) is 18.2 Å². The SMILES string of the molecule is CCNCc1ccc(OCc2ccc(F)cc2Cl)c(OC)c1.Cl. The molecule has 0 fully saturated rings. The first-order chi connectivity index (χ1) is 10.6. The molecule has 23 heavy (non-hydrogen) atoms. The van der Waals surface area contributed by atoms with Crippen LogP contribution in [0.4, 0.5) is 4.39 Å². The number of hydrogen-bond acceptors (Lipinski definition) is 3. The van der Waals surface area contributed by atoms with Gasteiger partial charge in [0.15, 0.2) is 11.5 Å². The van der Waals surface area contributed by atoms with Crippen molar-refractivity contribution in [3.8, 4) is 11.5 Å². The van der Waals surface area contributed by atoms with Crippen LogP contribution in [0.2, 0.25) is 5.02 Å². The fourth-order valence-corrected chi connectivity index (χ4v) is 2.23. The molecule has 2 aromatic carbocycles. The lowest BCUT2D eigenvalue weighted by atomic mass is 10.2. The number of nitrogens with one attached hydrogen (secondary N) is 1. The summed E-state index contributed by atoms with van der Waals surface area (Å²) in [5.74, 6) is 0.927. The van der Waals surface area contributed by atoms with Crippen LogP contribution >= 0.6 is 24.0 Å². The summed E-state index contributed by atoms with van der Waals surface area (Å²) < 4.78 is 24.1. The molecule has 2 rings (SSSR count). The lowest BCUT2D eigenvalue weighted by Gasteiger charge is -2.13. The highest BCUT2D eigenvalue weighted by Crippen LogP contribution is 2.29. The molecule has 0 aliphatic rings. The number of rotatable bonds is 7. The fraction of sp³-hybridized carbons (Fsp3) is 0.294. The van der Waals surface area contributed by atoms with E-state index in [1.165, 1.54) is 12.1 Å². The Morgan fingerprint density at radius 2 is 1.91 bits per heavy atom. The predicted octanol–water partition coefficient (Wildman–Crippen LogP) is 4.60. The van der Waals surface area contributed by atoms with Crippen molar-refractivity contribution in [3.05, 3.63) is 58.4 Å². The molecule has 0 heterocycles. The second-order valence-corrected chi connectivity index (χ2v) is 5.20. The molecule has 0 saturated heterocycles. The molecule has 0 aliphatic carbocycles. The number of ether oxygens (including phenoxy) is 2. The van der Waals surface area contributed by atoms with E-state index in [2.05, 4.69) is 12.2 Å². The van der Waals surface area contributed by atoms with Crippen LogP contribution in [0.15, 0.2) is 36.4 Å². The normalized spacial score (nSPS) is 10.1. The predicted molar refractivity (Wildman–Crippen MR) is 93.4 cm³/mol. The van der Waals surface area contributed by atoms with Crippen molar-refractivity contribution >= 4 is 24.0 Å². The van der Waals surface area contributed by atoms with Crippen LogP contribution in [0.1, 0.15) is 18.1 Å². The topological polar surface area (TPSA) is 30.5 Å². The number of halogens is 3. The molecule has 0 atom stereocenters. The molecule has 0 aliphatic heterocycles. The Labute approximate surface area is 147 Å². The van der Waals surface area contributed by atoms with Crippen LogP contribution < -0.4 is 14.8 Å². The van der Waals surface area contributed by atoms with Crippen LogP contribution in [0.3, 0.4) is 0 Å². The Balaban J connectivity index is 0.00000264. The molecule has 0 unspecified atom stereocenters. The molecule has 0 amide bonds. The van der Waals surface area contributed by atoms with E-state index in [9.17, 15) is 4.39 Å². The van der Waals surface area contributed by atoms with Crippen molar-refractivity contribution < 1.29 is 13.9 Å². The zero-order valence-corrected chi connectivity index (χ0v) is 14.6. The maximum absolute atomic E-state index is 13.0. The Bertz CT molecular complexity index is 638. The highest BCUT2D eigenvalue weighted by atomic mass is 35.5. The van der Waals surface area contributed by atoms with E-state index in [0.29, 0.717) is 16.5 Å². The lowest BCUT2D eigenvalue weighted by Crippen LogP contribution is -2.11. The van der Waals surface area contributed by atoms with Crippen LogP contribution in [-0.2, 0) is 13.2 Å². The lowest BCUT2D eigenvalue weighted by molar-refractivity contribution is 0.284. The molecule has 126 valence electrons. The Morgan fingerprint density at radius 1 is 1.13 bits per heavy atom. The zero-order valence-electron chi connectivity index (χ0n) is 13.1. The van der Waals surface area contributed by atoms with Crippen molar-refractivity contribution in [1.82, 2.24) is 5.32 Å². The first-order valence-electron chi connectivity index (χ1n) is 7.08. The molecular formula is C17H20Cl2FNO2. The molecule has 1 N–H and O–H groups in total. The van der Waals surface area contributed by atoms with E-state index in [1.54, 1.807) is 13.2 Å². The van der Waals surface area contributed by atoms with E-state index in [4.69, 9.17) is 21.1 Å². The highest BCUT2D eigenvalue weighted by molar-refractivity contribution is 6.31. The average Bonchev–Trinajstić information content (AvgIpc) is 2.52. The first-order valence-corrected chi connectivity index (χ1v) is 7.46. The second kappa shape index (κ2) is 9.60. The standard InChI is InChI=1S/C17H19ClFNO2.ClH/c1-3-20-10-12-4-7-16(17(8-12)21-2)22-11-13-5-6-14(19)9-15(13)18;/h4-9,20H,3,10-11H2,1-2H3;1H. The van der Waals surface area contributed by atoms with Gasteiger partial charge in [-0.1, -0.05) is 30.7 Å². The summed E-state index contributed by atoms with van der Waals surface area (Å²) in [5, 5.41) is 3.61. The van der Waals surface area contributed by atoms with E-state index < -0.39 is 0 Å². The number of hydrogen-bond donors (Lipinski definition) is 1. The third-order valence-electron chi connectivity index (χ3n) is 3.21. The highest BCUT2D eigenvalue weighted by Gasteiger charge is 2.08. The molecule has 3 nitrogen and oxygen atoms in total. The molecular weight excluding hydrogens is 340 g/mol. The molecule has 2 aromatic rings. The quantitative estimate of drug-likeness (QED) is 0.783. The molecule has 0 spiro atoms. The van der Waals surface area contributed by atoms with Crippen molar-refractivity contribution in [2.45, 2.75) is 20.1 Å². The summed E-state index contributed by atoms with van der Waals surface area (Å²) in [6.07, 6.45) is 0. The van der Waals surface area contributed by atoms with Gasteiger partial charge in [-0.25, -0.2) is 4.39 Å². The maximum atomic E-state index is 13.0. The van der Waals surface area contributed by atoms with Crippen molar-refractivity contribution in [2.75, 3.05) is 13.7 Å². The van der Waals surface area contributed by atoms with E-state index in [0.717, 1.165) is 24.2 Å². The zero-order chi connectivity index (χ0) is 15.9. The van der Waals surface area contributed by atoms with Gasteiger partial charge in [-0.05, 0) is 36.4 Å². The maximum Gasteiger partial charge on any atom is 0.161 e. The van der Waals surface area contributed by atoms with E-state index in [-0.39, 0.29) is 24.8 Å².